The first kappa shape index (κ1) is 13.1. The number of non-ortho nitro benzene ring substituents is 1. The molecule has 0 saturated heterocycles. The zero-order valence-electron chi connectivity index (χ0n) is 10.8. The van der Waals surface area contributed by atoms with Gasteiger partial charge in [-0.25, -0.2) is 4.68 Å². The van der Waals surface area contributed by atoms with E-state index in [1.165, 1.54) is 16.8 Å². The Morgan fingerprint density at radius 1 is 1.32 bits per heavy atom. The quantitative estimate of drug-likeness (QED) is 0.677. The van der Waals surface area contributed by atoms with E-state index in [1.807, 2.05) is 0 Å². The molecule has 0 aliphatic rings. The molecule has 6 nitrogen and oxygen atoms in total. The molecule has 1 heterocycles. The van der Waals surface area contributed by atoms with Crippen molar-refractivity contribution in [1.29, 1.82) is 0 Å². The van der Waals surface area contributed by atoms with Crippen molar-refractivity contribution in [3.8, 4) is 5.69 Å². The van der Waals surface area contributed by atoms with Crippen molar-refractivity contribution in [1.82, 2.24) is 9.78 Å². The molecule has 6 heteroatoms. The second-order valence-corrected chi connectivity index (χ2v) is 4.83. The average molecular weight is 261 g/mol. The lowest BCUT2D eigenvalue weighted by Crippen LogP contribution is -2.13. The SMILES string of the molecule is CC(C)Cc1cc(=O)n(-c2ccc([N+](=O)[O-])cc2)[nH]1. The number of benzene rings is 1. The minimum absolute atomic E-state index is 0.00533. The molecule has 1 aromatic heterocycles. The molecule has 1 N–H and O–H groups in total. The zero-order valence-corrected chi connectivity index (χ0v) is 10.8. The number of aromatic amines is 1. The monoisotopic (exact) mass is 261 g/mol. The molecule has 0 aliphatic carbocycles. The Morgan fingerprint density at radius 2 is 1.95 bits per heavy atom. The number of nitro benzene ring substituents is 1. The van der Waals surface area contributed by atoms with Crippen molar-refractivity contribution >= 4 is 5.69 Å². The fourth-order valence-electron chi connectivity index (χ4n) is 1.90. The molecule has 0 aliphatic heterocycles. The lowest BCUT2D eigenvalue weighted by molar-refractivity contribution is -0.384. The minimum atomic E-state index is -0.467. The Kier molecular flexibility index (Phi) is 3.50. The molecular formula is C13H15N3O3. The van der Waals surface area contributed by atoms with Crippen LogP contribution in [0.2, 0.25) is 0 Å². The molecule has 2 aromatic rings. The topological polar surface area (TPSA) is 80.9 Å². The Bertz CT molecular complexity index is 638. The summed E-state index contributed by atoms with van der Waals surface area (Å²) in [7, 11) is 0. The highest BCUT2D eigenvalue weighted by Gasteiger charge is 2.09. The summed E-state index contributed by atoms with van der Waals surface area (Å²) in [6, 6.07) is 7.42. The van der Waals surface area contributed by atoms with E-state index in [4.69, 9.17) is 0 Å². The van der Waals surface area contributed by atoms with Crippen LogP contribution in [0.1, 0.15) is 19.5 Å². The van der Waals surface area contributed by atoms with Gasteiger partial charge in [0.15, 0.2) is 0 Å². The average Bonchev–Trinajstić information content (AvgIpc) is 2.69. The third-order valence-corrected chi connectivity index (χ3v) is 2.72. The van der Waals surface area contributed by atoms with Gasteiger partial charge in [0.2, 0.25) is 0 Å². The summed E-state index contributed by atoms with van der Waals surface area (Å²) in [6.45, 7) is 4.14. The third kappa shape index (κ3) is 2.90. The largest absolute Gasteiger partial charge is 0.295 e. The highest BCUT2D eigenvalue weighted by molar-refractivity contribution is 5.40. The zero-order chi connectivity index (χ0) is 14.0. The van der Waals surface area contributed by atoms with Crippen LogP contribution in [-0.2, 0) is 6.42 Å². The standard InChI is InChI=1S/C13H15N3O3/c1-9(2)7-10-8-13(17)15(14-10)11-3-5-12(6-4-11)16(18)19/h3-6,8-9,14H,7H2,1-2H3. The molecule has 100 valence electrons. The Hall–Kier alpha value is -2.37. The minimum Gasteiger partial charge on any atom is -0.295 e. The van der Waals surface area contributed by atoms with Gasteiger partial charge in [-0.2, -0.15) is 0 Å². The summed E-state index contributed by atoms with van der Waals surface area (Å²) in [6.07, 6.45) is 0.787. The van der Waals surface area contributed by atoms with Crippen LogP contribution in [0.15, 0.2) is 35.1 Å². The van der Waals surface area contributed by atoms with E-state index in [9.17, 15) is 14.9 Å². The molecule has 0 atom stereocenters. The number of hydrogen-bond acceptors (Lipinski definition) is 3. The van der Waals surface area contributed by atoms with Crippen molar-refractivity contribution in [2.75, 3.05) is 0 Å². The van der Waals surface area contributed by atoms with Gasteiger partial charge in [-0.05, 0) is 24.5 Å². The Labute approximate surface area is 109 Å². The molecule has 1 aromatic carbocycles. The van der Waals surface area contributed by atoms with Crippen molar-refractivity contribution in [3.05, 3.63) is 56.5 Å². The molecule has 0 unspecified atom stereocenters. The predicted octanol–water partition coefficient (Wildman–Crippen LogP) is 2.27. The molecule has 19 heavy (non-hydrogen) atoms. The van der Waals surface area contributed by atoms with Crippen LogP contribution in [0.5, 0.6) is 0 Å². The van der Waals surface area contributed by atoms with E-state index < -0.39 is 4.92 Å². The third-order valence-electron chi connectivity index (χ3n) is 2.72. The summed E-state index contributed by atoms with van der Waals surface area (Å²) in [4.78, 5) is 21.9. The highest BCUT2D eigenvalue weighted by atomic mass is 16.6. The molecule has 0 spiro atoms. The maximum absolute atomic E-state index is 11.8. The Morgan fingerprint density at radius 3 is 2.47 bits per heavy atom. The number of nitro groups is 1. The molecule has 0 fully saturated rings. The van der Waals surface area contributed by atoms with Crippen LogP contribution >= 0.6 is 0 Å². The highest BCUT2D eigenvalue weighted by Crippen LogP contribution is 2.14. The van der Waals surface area contributed by atoms with Crippen LogP contribution in [0.4, 0.5) is 5.69 Å². The Balaban J connectivity index is 2.33. The van der Waals surface area contributed by atoms with E-state index >= 15 is 0 Å². The van der Waals surface area contributed by atoms with E-state index in [-0.39, 0.29) is 11.2 Å². The van der Waals surface area contributed by atoms with Crippen LogP contribution < -0.4 is 5.56 Å². The van der Waals surface area contributed by atoms with Gasteiger partial charge in [0.25, 0.3) is 11.2 Å². The van der Waals surface area contributed by atoms with Gasteiger partial charge in [-0.3, -0.25) is 20.0 Å². The molecule has 2 rings (SSSR count). The van der Waals surface area contributed by atoms with Gasteiger partial charge in [0, 0.05) is 23.9 Å². The fourth-order valence-corrected chi connectivity index (χ4v) is 1.90. The smallest absolute Gasteiger partial charge is 0.271 e. The second-order valence-electron chi connectivity index (χ2n) is 4.83. The first-order chi connectivity index (χ1) is 8.97. The maximum Gasteiger partial charge on any atom is 0.271 e. The van der Waals surface area contributed by atoms with Crippen LogP contribution in [0.3, 0.4) is 0 Å². The number of nitrogens with one attached hydrogen (secondary N) is 1. The van der Waals surface area contributed by atoms with Crippen molar-refractivity contribution in [3.63, 3.8) is 0 Å². The molecule has 0 amide bonds. The number of aromatic nitrogens is 2. The van der Waals surface area contributed by atoms with Gasteiger partial charge in [-0.15, -0.1) is 0 Å². The van der Waals surface area contributed by atoms with Crippen molar-refractivity contribution in [2.45, 2.75) is 20.3 Å². The van der Waals surface area contributed by atoms with E-state index in [1.54, 1.807) is 18.2 Å². The lowest BCUT2D eigenvalue weighted by Gasteiger charge is -2.03. The second kappa shape index (κ2) is 5.09. The molecular weight excluding hydrogens is 246 g/mol. The number of nitrogens with zero attached hydrogens (tertiary/aromatic N) is 2. The van der Waals surface area contributed by atoms with Crippen molar-refractivity contribution in [2.24, 2.45) is 5.92 Å². The number of rotatable bonds is 4. The van der Waals surface area contributed by atoms with Crippen molar-refractivity contribution < 1.29 is 4.92 Å². The summed E-state index contributed by atoms with van der Waals surface area (Å²) >= 11 is 0. The van der Waals surface area contributed by atoms with Gasteiger partial charge in [-0.1, -0.05) is 13.8 Å². The lowest BCUT2D eigenvalue weighted by atomic mass is 10.1. The van der Waals surface area contributed by atoms with E-state index in [0.29, 0.717) is 11.6 Å². The fraction of sp³-hybridized carbons (Fsp3) is 0.308. The predicted molar refractivity (Wildman–Crippen MR) is 71.6 cm³/mol. The normalized spacial score (nSPS) is 10.9. The van der Waals surface area contributed by atoms with Gasteiger partial charge in [0.1, 0.15) is 0 Å². The van der Waals surface area contributed by atoms with E-state index in [2.05, 4.69) is 18.9 Å². The van der Waals surface area contributed by atoms with Gasteiger partial charge >= 0.3 is 0 Å². The summed E-state index contributed by atoms with van der Waals surface area (Å²) in [5, 5.41) is 13.6. The summed E-state index contributed by atoms with van der Waals surface area (Å²) in [5.41, 5.74) is 1.29. The van der Waals surface area contributed by atoms with Crippen LogP contribution in [0.25, 0.3) is 5.69 Å². The molecule has 0 saturated carbocycles. The first-order valence-electron chi connectivity index (χ1n) is 6.03. The first-order valence-corrected chi connectivity index (χ1v) is 6.03. The molecule has 0 bridgehead atoms. The van der Waals surface area contributed by atoms with Gasteiger partial charge < -0.3 is 0 Å². The summed E-state index contributed by atoms with van der Waals surface area (Å²) < 4.78 is 1.39. The number of hydrogen-bond donors (Lipinski definition) is 1. The molecule has 0 radical (unpaired) electrons. The summed E-state index contributed by atoms with van der Waals surface area (Å²) in [5.74, 6) is 0.448. The number of H-pyrrole nitrogens is 1. The van der Waals surface area contributed by atoms with Gasteiger partial charge in [0.05, 0.1) is 10.6 Å². The van der Waals surface area contributed by atoms with Crippen LogP contribution in [-0.4, -0.2) is 14.7 Å². The maximum atomic E-state index is 11.8. The van der Waals surface area contributed by atoms with Crippen LogP contribution in [0, 0.1) is 16.0 Å². The van der Waals surface area contributed by atoms with E-state index in [0.717, 1.165) is 12.1 Å².